The van der Waals surface area contributed by atoms with Crippen LogP contribution in [0.5, 0.6) is 0 Å². The van der Waals surface area contributed by atoms with Gasteiger partial charge in [0.05, 0.1) is 6.20 Å². The van der Waals surface area contributed by atoms with Crippen LogP contribution in [0, 0.1) is 5.82 Å². The zero-order valence-electron chi connectivity index (χ0n) is 8.81. The molecular formula is C11H12FNO3. The maximum absolute atomic E-state index is 13.0. The lowest BCUT2D eigenvalue weighted by atomic mass is 9.91. The summed E-state index contributed by atoms with van der Waals surface area (Å²) < 4.78 is 18.0. The molecule has 0 bridgehead atoms. The third-order valence-corrected chi connectivity index (χ3v) is 3.03. The number of aromatic nitrogens is 1. The lowest BCUT2D eigenvalue weighted by molar-refractivity contribution is -0.150. The van der Waals surface area contributed by atoms with E-state index in [0.29, 0.717) is 18.4 Å². The summed E-state index contributed by atoms with van der Waals surface area (Å²) in [5, 5.41) is 9.04. The van der Waals surface area contributed by atoms with Gasteiger partial charge in [-0.1, -0.05) is 0 Å². The number of aliphatic carboxylic acids is 1. The van der Waals surface area contributed by atoms with E-state index in [-0.39, 0.29) is 0 Å². The Bertz CT molecular complexity index is 417. The standard InChI is InChI=1S/C11H12FNO3/c1-16-9(10(14)15)11(2-3-11)7-4-8(12)6-13-5-7/h4-6,9H,2-3H2,1H3,(H,14,15). The van der Waals surface area contributed by atoms with Crippen molar-refractivity contribution >= 4 is 5.97 Å². The van der Waals surface area contributed by atoms with Crippen molar-refractivity contribution < 1.29 is 19.0 Å². The molecule has 1 N–H and O–H groups in total. The molecule has 16 heavy (non-hydrogen) atoms. The highest BCUT2D eigenvalue weighted by Crippen LogP contribution is 2.51. The van der Waals surface area contributed by atoms with E-state index in [0.717, 1.165) is 6.20 Å². The summed E-state index contributed by atoms with van der Waals surface area (Å²) in [4.78, 5) is 14.8. The molecule has 1 fully saturated rings. The van der Waals surface area contributed by atoms with E-state index < -0.39 is 23.3 Å². The van der Waals surface area contributed by atoms with Crippen LogP contribution in [0.2, 0.25) is 0 Å². The van der Waals surface area contributed by atoms with E-state index in [2.05, 4.69) is 4.98 Å². The molecule has 1 aliphatic rings. The molecule has 86 valence electrons. The number of pyridine rings is 1. The van der Waals surface area contributed by atoms with Crippen LogP contribution in [-0.2, 0) is 14.9 Å². The van der Waals surface area contributed by atoms with Crippen molar-refractivity contribution in [2.75, 3.05) is 7.11 Å². The highest BCUT2D eigenvalue weighted by atomic mass is 19.1. The van der Waals surface area contributed by atoms with E-state index in [1.54, 1.807) is 0 Å². The summed E-state index contributed by atoms with van der Waals surface area (Å²) in [6.07, 6.45) is 3.04. The molecule has 4 nitrogen and oxygen atoms in total. The maximum Gasteiger partial charge on any atom is 0.333 e. The normalized spacial score (nSPS) is 19.1. The topological polar surface area (TPSA) is 59.4 Å². The average molecular weight is 225 g/mol. The van der Waals surface area contributed by atoms with Crippen LogP contribution in [-0.4, -0.2) is 29.3 Å². The van der Waals surface area contributed by atoms with Crippen LogP contribution in [0.15, 0.2) is 18.5 Å². The number of rotatable bonds is 4. The van der Waals surface area contributed by atoms with Gasteiger partial charge in [-0.25, -0.2) is 9.18 Å². The number of nitrogens with zero attached hydrogens (tertiary/aromatic N) is 1. The third kappa shape index (κ3) is 1.67. The summed E-state index contributed by atoms with van der Waals surface area (Å²) in [7, 11) is 1.35. The van der Waals surface area contributed by atoms with Gasteiger partial charge < -0.3 is 9.84 Å². The first-order valence-corrected chi connectivity index (χ1v) is 4.97. The molecular weight excluding hydrogens is 213 g/mol. The van der Waals surface area contributed by atoms with Crippen LogP contribution >= 0.6 is 0 Å². The van der Waals surface area contributed by atoms with Crippen LogP contribution < -0.4 is 0 Å². The van der Waals surface area contributed by atoms with Gasteiger partial charge in [0.25, 0.3) is 0 Å². The van der Waals surface area contributed by atoms with Crippen LogP contribution in [0.3, 0.4) is 0 Å². The SMILES string of the molecule is COC(C(=O)O)C1(c2cncc(F)c2)CC1. The van der Waals surface area contributed by atoms with Gasteiger partial charge in [-0.05, 0) is 24.5 Å². The predicted octanol–water partition coefficient (Wildman–Crippen LogP) is 1.35. The van der Waals surface area contributed by atoms with E-state index in [4.69, 9.17) is 9.84 Å². The first kappa shape index (κ1) is 11.0. The van der Waals surface area contributed by atoms with E-state index in [9.17, 15) is 9.18 Å². The number of carbonyl (C=O) groups is 1. The van der Waals surface area contributed by atoms with Gasteiger partial charge in [0.1, 0.15) is 5.82 Å². The van der Waals surface area contributed by atoms with Crippen LogP contribution in [0.4, 0.5) is 4.39 Å². The monoisotopic (exact) mass is 225 g/mol. The van der Waals surface area contributed by atoms with E-state index in [1.807, 2.05) is 0 Å². The molecule has 0 spiro atoms. The molecule has 1 unspecified atom stereocenters. The smallest absolute Gasteiger partial charge is 0.333 e. The summed E-state index contributed by atoms with van der Waals surface area (Å²) >= 11 is 0. The van der Waals surface area contributed by atoms with Gasteiger partial charge in [0.15, 0.2) is 6.10 Å². The van der Waals surface area contributed by atoms with Crippen molar-refractivity contribution in [1.82, 2.24) is 4.98 Å². The van der Waals surface area contributed by atoms with Crippen molar-refractivity contribution in [3.8, 4) is 0 Å². The fourth-order valence-corrected chi connectivity index (χ4v) is 2.08. The second kappa shape index (κ2) is 3.83. The van der Waals surface area contributed by atoms with Crippen molar-refractivity contribution in [1.29, 1.82) is 0 Å². The maximum atomic E-state index is 13.0. The molecule has 0 amide bonds. The second-order valence-electron chi connectivity index (χ2n) is 4.00. The van der Waals surface area contributed by atoms with Crippen molar-refractivity contribution in [3.05, 3.63) is 29.8 Å². The summed E-state index contributed by atoms with van der Waals surface area (Å²) in [6, 6.07) is 1.33. The van der Waals surface area contributed by atoms with Gasteiger partial charge in [-0.3, -0.25) is 4.98 Å². The average Bonchev–Trinajstić information content (AvgIpc) is 3.00. The fourth-order valence-electron chi connectivity index (χ4n) is 2.08. The number of methoxy groups -OCH3 is 1. The Kier molecular flexibility index (Phi) is 2.63. The van der Waals surface area contributed by atoms with Gasteiger partial charge in [-0.2, -0.15) is 0 Å². The Balaban J connectivity index is 2.35. The molecule has 0 aromatic carbocycles. The Morgan fingerprint density at radius 2 is 2.31 bits per heavy atom. The van der Waals surface area contributed by atoms with Gasteiger partial charge in [0, 0.05) is 18.7 Å². The number of ether oxygens (including phenoxy) is 1. The van der Waals surface area contributed by atoms with Gasteiger partial charge in [-0.15, -0.1) is 0 Å². The van der Waals surface area contributed by atoms with Gasteiger partial charge in [0.2, 0.25) is 0 Å². The summed E-state index contributed by atoms with van der Waals surface area (Å²) in [5.74, 6) is -1.48. The fraction of sp³-hybridized carbons (Fsp3) is 0.455. The Morgan fingerprint density at radius 1 is 1.62 bits per heavy atom. The number of hydrogen-bond acceptors (Lipinski definition) is 3. The number of carboxylic acid groups (broad SMARTS) is 1. The number of halogens is 1. The van der Waals surface area contributed by atoms with E-state index >= 15 is 0 Å². The zero-order valence-corrected chi connectivity index (χ0v) is 8.81. The van der Waals surface area contributed by atoms with Crippen molar-refractivity contribution in [2.24, 2.45) is 0 Å². The minimum atomic E-state index is -1.02. The van der Waals surface area contributed by atoms with E-state index in [1.165, 1.54) is 19.4 Å². The van der Waals surface area contributed by atoms with Gasteiger partial charge >= 0.3 is 5.97 Å². The molecule has 2 rings (SSSR count). The summed E-state index contributed by atoms with van der Waals surface area (Å²) in [6.45, 7) is 0. The number of hydrogen-bond donors (Lipinski definition) is 1. The predicted molar refractivity (Wildman–Crippen MR) is 53.5 cm³/mol. The number of carboxylic acids is 1. The Labute approximate surface area is 92.1 Å². The molecule has 0 aliphatic heterocycles. The molecule has 1 aromatic heterocycles. The molecule has 5 heteroatoms. The molecule has 1 aliphatic carbocycles. The van der Waals surface area contributed by atoms with Crippen molar-refractivity contribution in [2.45, 2.75) is 24.4 Å². The second-order valence-corrected chi connectivity index (χ2v) is 4.00. The Hall–Kier alpha value is -1.49. The largest absolute Gasteiger partial charge is 0.479 e. The Morgan fingerprint density at radius 3 is 2.75 bits per heavy atom. The van der Waals surface area contributed by atoms with Crippen LogP contribution in [0.25, 0.3) is 0 Å². The highest BCUT2D eigenvalue weighted by Gasteiger charge is 2.54. The molecule has 1 atom stereocenters. The molecule has 1 saturated carbocycles. The lowest BCUT2D eigenvalue weighted by Gasteiger charge is -2.22. The minimum Gasteiger partial charge on any atom is -0.479 e. The quantitative estimate of drug-likeness (QED) is 0.840. The molecule has 1 aromatic rings. The molecule has 1 heterocycles. The molecule has 0 saturated heterocycles. The van der Waals surface area contributed by atoms with Crippen LogP contribution in [0.1, 0.15) is 18.4 Å². The first-order chi connectivity index (χ1) is 7.60. The third-order valence-electron chi connectivity index (χ3n) is 3.03. The molecule has 0 radical (unpaired) electrons. The van der Waals surface area contributed by atoms with Crippen molar-refractivity contribution in [3.63, 3.8) is 0 Å². The lowest BCUT2D eigenvalue weighted by Crippen LogP contribution is -2.36. The highest BCUT2D eigenvalue weighted by molar-refractivity contribution is 5.76. The minimum absolute atomic E-state index is 0.455. The summed E-state index contributed by atoms with van der Waals surface area (Å²) in [5.41, 5.74) is -0.00266. The first-order valence-electron chi connectivity index (χ1n) is 4.97. The zero-order chi connectivity index (χ0) is 11.8.